The number of hydrogen-bond acceptors (Lipinski definition) is 4. The molecule has 162 valence electrons. The van der Waals surface area contributed by atoms with Gasteiger partial charge in [-0.2, -0.15) is 0 Å². The van der Waals surface area contributed by atoms with Gasteiger partial charge >= 0.3 is 0 Å². The summed E-state index contributed by atoms with van der Waals surface area (Å²) >= 11 is 3.15. The number of para-hydroxylation sites is 1. The molecule has 4 rings (SSSR count). The Bertz CT molecular complexity index is 1310. The lowest BCUT2D eigenvalue weighted by Crippen LogP contribution is -2.42. The Morgan fingerprint density at radius 1 is 0.938 bits per heavy atom. The molecule has 8 nitrogen and oxygen atoms in total. The Morgan fingerprint density at radius 3 is 2.41 bits per heavy atom. The number of hydrazine groups is 1. The third kappa shape index (κ3) is 4.73. The van der Waals surface area contributed by atoms with E-state index in [1.54, 1.807) is 42.6 Å². The largest absolute Gasteiger partial charge is 0.444 e. The number of carbonyl (C=O) groups is 3. The van der Waals surface area contributed by atoms with Gasteiger partial charge in [-0.1, -0.05) is 30.3 Å². The van der Waals surface area contributed by atoms with Gasteiger partial charge in [-0.25, -0.2) is 0 Å². The molecular weight excluding hydrogens is 476 g/mol. The van der Waals surface area contributed by atoms with E-state index in [1.807, 2.05) is 35.9 Å². The van der Waals surface area contributed by atoms with Crippen LogP contribution in [0.2, 0.25) is 0 Å². The third-order valence-corrected chi connectivity index (χ3v) is 5.26. The zero-order valence-corrected chi connectivity index (χ0v) is 18.6. The molecule has 4 aromatic rings. The molecule has 0 radical (unpaired) electrons. The first-order chi connectivity index (χ1) is 15.4. The maximum Gasteiger partial charge on any atom is 0.291 e. The van der Waals surface area contributed by atoms with Crippen molar-refractivity contribution < 1.29 is 18.8 Å². The van der Waals surface area contributed by atoms with Gasteiger partial charge < -0.3 is 14.3 Å². The van der Waals surface area contributed by atoms with Crippen LogP contribution in [-0.2, 0) is 18.3 Å². The van der Waals surface area contributed by atoms with Crippen LogP contribution >= 0.6 is 15.9 Å². The van der Waals surface area contributed by atoms with Crippen molar-refractivity contribution in [3.05, 3.63) is 88.4 Å². The first-order valence-electron chi connectivity index (χ1n) is 9.69. The van der Waals surface area contributed by atoms with Crippen LogP contribution in [0.15, 0.2) is 75.9 Å². The molecule has 0 atom stereocenters. The van der Waals surface area contributed by atoms with Crippen LogP contribution in [0, 0.1) is 0 Å². The molecular formula is C23H19BrN4O4. The first-order valence-corrected chi connectivity index (χ1v) is 10.5. The van der Waals surface area contributed by atoms with Crippen molar-refractivity contribution in [3.63, 3.8) is 0 Å². The molecule has 0 saturated heterocycles. The molecule has 0 aliphatic heterocycles. The number of hydrogen-bond donors (Lipinski definition) is 3. The van der Waals surface area contributed by atoms with Crippen LogP contribution < -0.4 is 16.2 Å². The molecule has 2 heterocycles. The molecule has 0 spiro atoms. The molecule has 3 amide bonds. The Labute approximate surface area is 191 Å². The lowest BCUT2D eigenvalue weighted by atomic mass is 10.1. The second-order valence-corrected chi connectivity index (χ2v) is 7.89. The predicted octanol–water partition coefficient (Wildman–Crippen LogP) is 3.79. The number of benzene rings is 2. The van der Waals surface area contributed by atoms with Gasteiger partial charge in [-0.15, -0.1) is 0 Å². The Hall–Kier alpha value is -3.85. The molecule has 0 bridgehead atoms. The standard InChI is InChI=1S/C23H19BrN4O4/c1-28-13-17(16-4-2-3-5-18(16)28)22(30)27-26-21(29)12-14-6-8-15(9-7-14)25-23(31)19-10-11-20(24)32-19/h2-11,13H,12H2,1H3,(H,25,31)(H,26,29)(H,27,30). The van der Waals surface area contributed by atoms with Crippen molar-refractivity contribution in [2.75, 3.05) is 5.32 Å². The number of fused-ring (bicyclic) bond motifs is 1. The maximum atomic E-state index is 12.5. The lowest BCUT2D eigenvalue weighted by molar-refractivity contribution is -0.121. The van der Waals surface area contributed by atoms with Crippen molar-refractivity contribution in [1.29, 1.82) is 0 Å². The molecule has 0 saturated carbocycles. The minimum Gasteiger partial charge on any atom is -0.444 e. The number of furan rings is 1. The zero-order valence-electron chi connectivity index (χ0n) is 17.0. The molecule has 0 fully saturated rings. The average Bonchev–Trinajstić information content (AvgIpc) is 3.37. The highest BCUT2D eigenvalue weighted by atomic mass is 79.9. The van der Waals surface area contributed by atoms with E-state index in [9.17, 15) is 14.4 Å². The van der Waals surface area contributed by atoms with Crippen LogP contribution in [0.5, 0.6) is 0 Å². The Morgan fingerprint density at radius 2 is 1.69 bits per heavy atom. The van der Waals surface area contributed by atoms with Crippen molar-refractivity contribution in [3.8, 4) is 0 Å². The number of carbonyl (C=O) groups excluding carboxylic acids is 3. The molecule has 3 N–H and O–H groups in total. The van der Waals surface area contributed by atoms with Crippen molar-refractivity contribution in [2.45, 2.75) is 6.42 Å². The van der Waals surface area contributed by atoms with Crippen molar-refractivity contribution >= 4 is 50.2 Å². The number of nitrogens with one attached hydrogen (secondary N) is 3. The average molecular weight is 495 g/mol. The molecule has 0 aliphatic rings. The molecule has 2 aromatic heterocycles. The molecule has 0 unspecified atom stereocenters. The van der Waals surface area contributed by atoms with Gasteiger partial charge in [0, 0.05) is 29.8 Å². The van der Waals surface area contributed by atoms with Gasteiger partial charge in [-0.3, -0.25) is 25.2 Å². The molecule has 2 aromatic carbocycles. The van der Waals surface area contributed by atoms with E-state index < -0.39 is 5.91 Å². The fraction of sp³-hybridized carbons (Fsp3) is 0.0870. The van der Waals surface area contributed by atoms with E-state index in [1.165, 1.54) is 0 Å². The second-order valence-electron chi connectivity index (χ2n) is 7.10. The van der Waals surface area contributed by atoms with Crippen molar-refractivity contribution in [1.82, 2.24) is 15.4 Å². The number of rotatable bonds is 5. The van der Waals surface area contributed by atoms with E-state index in [4.69, 9.17) is 4.42 Å². The van der Waals surface area contributed by atoms with Crippen molar-refractivity contribution in [2.24, 2.45) is 7.05 Å². The number of aryl methyl sites for hydroxylation is 1. The summed E-state index contributed by atoms with van der Waals surface area (Å²) in [5.74, 6) is -0.951. The van der Waals surface area contributed by atoms with Crippen LogP contribution in [0.4, 0.5) is 5.69 Å². The molecule has 9 heteroatoms. The Balaban J connectivity index is 1.31. The van der Waals surface area contributed by atoms with E-state index in [2.05, 4.69) is 32.1 Å². The summed E-state index contributed by atoms with van der Waals surface area (Å²) in [6.07, 6.45) is 1.79. The predicted molar refractivity (Wildman–Crippen MR) is 123 cm³/mol. The number of nitrogens with zero attached hydrogens (tertiary/aromatic N) is 1. The summed E-state index contributed by atoms with van der Waals surface area (Å²) in [5.41, 5.74) is 7.59. The summed E-state index contributed by atoms with van der Waals surface area (Å²) in [6.45, 7) is 0. The normalized spacial score (nSPS) is 10.7. The third-order valence-electron chi connectivity index (χ3n) is 4.83. The fourth-order valence-electron chi connectivity index (χ4n) is 3.28. The number of amides is 3. The monoisotopic (exact) mass is 494 g/mol. The Kier molecular flexibility index (Phi) is 6.09. The molecule has 0 aliphatic carbocycles. The first kappa shape index (κ1) is 21.4. The fourth-order valence-corrected chi connectivity index (χ4v) is 3.59. The van der Waals surface area contributed by atoms with E-state index in [0.717, 1.165) is 16.5 Å². The summed E-state index contributed by atoms with van der Waals surface area (Å²) in [5, 5.41) is 3.52. The topological polar surface area (TPSA) is 105 Å². The number of anilines is 1. The lowest BCUT2D eigenvalue weighted by Gasteiger charge is -2.08. The number of aromatic nitrogens is 1. The van der Waals surface area contributed by atoms with Crippen LogP contribution in [0.1, 0.15) is 26.5 Å². The van der Waals surface area contributed by atoms with Crippen LogP contribution in [0.25, 0.3) is 10.9 Å². The second kappa shape index (κ2) is 9.11. The highest BCUT2D eigenvalue weighted by molar-refractivity contribution is 9.10. The summed E-state index contributed by atoms with van der Waals surface area (Å²) in [4.78, 5) is 36.9. The van der Waals surface area contributed by atoms with Gasteiger partial charge in [0.25, 0.3) is 11.8 Å². The maximum absolute atomic E-state index is 12.5. The van der Waals surface area contributed by atoms with Gasteiger partial charge in [0.15, 0.2) is 10.4 Å². The smallest absolute Gasteiger partial charge is 0.291 e. The quantitative estimate of drug-likeness (QED) is 0.367. The van der Waals surface area contributed by atoms with Gasteiger partial charge in [0.2, 0.25) is 5.91 Å². The summed E-state index contributed by atoms with van der Waals surface area (Å²) in [6, 6.07) is 17.6. The van der Waals surface area contributed by atoms with E-state index in [-0.39, 0.29) is 24.0 Å². The minimum absolute atomic E-state index is 0.0647. The highest BCUT2D eigenvalue weighted by Crippen LogP contribution is 2.20. The molecule has 32 heavy (non-hydrogen) atoms. The van der Waals surface area contributed by atoms with Gasteiger partial charge in [0.05, 0.1) is 12.0 Å². The van der Waals surface area contributed by atoms with E-state index >= 15 is 0 Å². The van der Waals surface area contributed by atoms with Gasteiger partial charge in [0.1, 0.15) is 0 Å². The highest BCUT2D eigenvalue weighted by Gasteiger charge is 2.15. The minimum atomic E-state index is -0.391. The van der Waals surface area contributed by atoms with Gasteiger partial charge in [-0.05, 0) is 51.8 Å². The van der Waals surface area contributed by atoms with Crippen LogP contribution in [-0.4, -0.2) is 22.3 Å². The zero-order chi connectivity index (χ0) is 22.7. The summed E-state index contributed by atoms with van der Waals surface area (Å²) in [7, 11) is 1.86. The SMILES string of the molecule is Cn1cc(C(=O)NNC(=O)Cc2ccc(NC(=O)c3ccc(Br)o3)cc2)c2ccccc21. The number of halogens is 1. The van der Waals surface area contributed by atoms with Crippen LogP contribution in [0.3, 0.4) is 0 Å². The summed E-state index contributed by atoms with van der Waals surface area (Å²) < 4.78 is 7.54. The van der Waals surface area contributed by atoms with E-state index in [0.29, 0.717) is 15.9 Å².